The van der Waals surface area contributed by atoms with Crippen molar-refractivity contribution in [3.8, 4) is 17.2 Å². The van der Waals surface area contributed by atoms with Gasteiger partial charge in [-0.1, -0.05) is 12.1 Å². The first-order valence-electron chi connectivity index (χ1n) is 10.1. The Morgan fingerprint density at radius 2 is 1.94 bits per heavy atom. The van der Waals surface area contributed by atoms with E-state index in [1.165, 1.54) is 11.0 Å². The number of benzene rings is 2. The predicted molar refractivity (Wildman–Crippen MR) is 120 cm³/mol. The fraction of sp³-hybridized carbons (Fsp3) is 0.217. The molecule has 1 atom stereocenters. The summed E-state index contributed by atoms with van der Waals surface area (Å²) in [4.78, 5) is 16.8. The molecule has 0 spiro atoms. The van der Waals surface area contributed by atoms with Gasteiger partial charge in [-0.15, -0.1) is 16.4 Å². The van der Waals surface area contributed by atoms with Crippen molar-refractivity contribution in [2.45, 2.75) is 12.5 Å². The standard InChI is InChI=1S/C23H21N5O3S/c1-30-19-12-15-8-9-27(22(21-7-4-10-32-21)18(15)13-20(19)31-2)23(29)16-5-3-6-17(11-16)28-14-24-25-26-28/h3-7,10-14,22H,8-9H2,1-2H3/t22-/m1/s1. The summed E-state index contributed by atoms with van der Waals surface area (Å²) in [7, 11) is 3.26. The van der Waals surface area contributed by atoms with E-state index >= 15 is 0 Å². The molecule has 0 radical (unpaired) electrons. The molecule has 3 heterocycles. The highest BCUT2D eigenvalue weighted by atomic mass is 32.1. The number of rotatable bonds is 5. The van der Waals surface area contributed by atoms with Crippen molar-refractivity contribution >= 4 is 17.2 Å². The molecule has 1 amide bonds. The highest BCUT2D eigenvalue weighted by Crippen LogP contribution is 2.42. The summed E-state index contributed by atoms with van der Waals surface area (Å²) in [6.45, 7) is 0.596. The van der Waals surface area contributed by atoms with Gasteiger partial charge in [-0.3, -0.25) is 4.79 Å². The van der Waals surface area contributed by atoms with Crippen molar-refractivity contribution in [3.05, 3.63) is 81.8 Å². The van der Waals surface area contributed by atoms with Crippen LogP contribution in [0.25, 0.3) is 5.69 Å². The lowest BCUT2D eigenvalue weighted by Crippen LogP contribution is -2.40. The number of ether oxygens (including phenoxy) is 2. The monoisotopic (exact) mass is 447 g/mol. The van der Waals surface area contributed by atoms with E-state index in [0.29, 0.717) is 23.6 Å². The highest BCUT2D eigenvalue weighted by Gasteiger charge is 2.34. The Morgan fingerprint density at radius 3 is 2.66 bits per heavy atom. The summed E-state index contributed by atoms with van der Waals surface area (Å²) in [6, 6.07) is 15.2. The lowest BCUT2D eigenvalue weighted by Gasteiger charge is -2.37. The minimum Gasteiger partial charge on any atom is -0.493 e. The normalized spacial score (nSPS) is 15.3. The molecular formula is C23H21N5O3S. The van der Waals surface area contributed by atoms with E-state index in [1.54, 1.807) is 25.6 Å². The van der Waals surface area contributed by atoms with Gasteiger partial charge in [-0.05, 0) is 69.8 Å². The zero-order valence-electron chi connectivity index (χ0n) is 17.6. The maximum absolute atomic E-state index is 13.7. The number of thiophene rings is 1. The third-order valence-corrected chi connectivity index (χ3v) is 6.58. The van der Waals surface area contributed by atoms with Crippen molar-refractivity contribution in [1.29, 1.82) is 0 Å². The Morgan fingerprint density at radius 1 is 1.09 bits per heavy atom. The Balaban J connectivity index is 1.57. The van der Waals surface area contributed by atoms with Gasteiger partial charge in [-0.2, -0.15) is 0 Å². The summed E-state index contributed by atoms with van der Waals surface area (Å²) < 4.78 is 12.6. The van der Waals surface area contributed by atoms with Crippen molar-refractivity contribution in [2.24, 2.45) is 0 Å². The number of fused-ring (bicyclic) bond motifs is 1. The number of amides is 1. The zero-order chi connectivity index (χ0) is 22.1. The first-order chi connectivity index (χ1) is 15.7. The molecule has 0 saturated carbocycles. The van der Waals surface area contributed by atoms with Crippen LogP contribution in [-0.2, 0) is 6.42 Å². The Bertz CT molecular complexity index is 1240. The summed E-state index contributed by atoms with van der Waals surface area (Å²) in [5, 5.41) is 13.3. The van der Waals surface area contributed by atoms with Gasteiger partial charge in [0, 0.05) is 17.0 Å². The fourth-order valence-electron chi connectivity index (χ4n) is 4.15. The first-order valence-corrected chi connectivity index (χ1v) is 11.0. The third kappa shape index (κ3) is 3.50. The summed E-state index contributed by atoms with van der Waals surface area (Å²) in [6.07, 6.45) is 2.24. The van der Waals surface area contributed by atoms with Crippen LogP contribution in [0, 0.1) is 0 Å². The van der Waals surface area contributed by atoms with E-state index in [0.717, 1.165) is 28.1 Å². The molecule has 0 N–H and O–H groups in total. The van der Waals surface area contributed by atoms with Crippen molar-refractivity contribution in [2.75, 3.05) is 20.8 Å². The molecule has 1 aliphatic rings. The smallest absolute Gasteiger partial charge is 0.254 e. The number of carbonyl (C=O) groups excluding carboxylic acids is 1. The maximum atomic E-state index is 13.7. The molecule has 5 rings (SSSR count). The second-order valence-corrected chi connectivity index (χ2v) is 8.36. The van der Waals surface area contributed by atoms with Gasteiger partial charge in [0.05, 0.1) is 25.9 Å². The number of hydrogen-bond donors (Lipinski definition) is 0. The van der Waals surface area contributed by atoms with Gasteiger partial charge in [-0.25, -0.2) is 4.68 Å². The number of carbonyl (C=O) groups is 1. The molecule has 8 nitrogen and oxygen atoms in total. The van der Waals surface area contributed by atoms with Gasteiger partial charge < -0.3 is 14.4 Å². The molecule has 0 bridgehead atoms. The summed E-state index contributed by atoms with van der Waals surface area (Å²) >= 11 is 1.64. The number of nitrogens with zero attached hydrogens (tertiary/aromatic N) is 5. The van der Waals surface area contributed by atoms with Gasteiger partial charge in [0.15, 0.2) is 11.5 Å². The van der Waals surface area contributed by atoms with Crippen LogP contribution >= 0.6 is 11.3 Å². The Hall–Kier alpha value is -3.72. The molecule has 9 heteroatoms. The van der Waals surface area contributed by atoms with Gasteiger partial charge >= 0.3 is 0 Å². The van der Waals surface area contributed by atoms with Crippen LogP contribution in [0.1, 0.15) is 32.4 Å². The molecule has 162 valence electrons. The molecule has 1 aliphatic heterocycles. The number of hydrogen-bond acceptors (Lipinski definition) is 7. The van der Waals surface area contributed by atoms with E-state index in [-0.39, 0.29) is 11.9 Å². The quantitative estimate of drug-likeness (QED) is 0.466. The van der Waals surface area contributed by atoms with Crippen molar-refractivity contribution < 1.29 is 14.3 Å². The Labute approximate surface area is 189 Å². The molecule has 4 aromatic rings. The van der Waals surface area contributed by atoms with Crippen LogP contribution in [0.4, 0.5) is 0 Å². The molecule has 32 heavy (non-hydrogen) atoms. The predicted octanol–water partition coefficient (Wildman–Crippen LogP) is 3.53. The van der Waals surface area contributed by atoms with Crippen LogP contribution in [0.3, 0.4) is 0 Å². The molecule has 0 saturated heterocycles. The average molecular weight is 448 g/mol. The van der Waals surface area contributed by atoms with Gasteiger partial charge in [0.2, 0.25) is 0 Å². The van der Waals surface area contributed by atoms with Gasteiger partial charge in [0.25, 0.3) is 5.91 Å². The molecular weight excluding hydrogens is 426 g/mol. The summed E-state index contributed by atoms with van der Waals surface area (Å²) in [5.41, 5.74) is 3.54. The number of aromatic nitrogens is 4. The van der Waals surface area contributed by atoms with Crippen LogP contribution in [-0.4, -0.2) is 51.8 Å². The van der Waals surface area contributed by atoms with Crippen LogP contribution in [0.15, 0.2) is 60.2 Å². The third-order valence-electron chi connectivity index (χ3n) is 5.65. The molecule has 0 unspecified atom stereocenters. The highest BCUT2D eigenvalue weighted by molar-refractivity contribution is 7.10. The number of methoxy groups -OCH3 is 2. The topological polar surface area (TPSA) is 82.4 Å². The SMILES string of the molecule is COc1cc2c(cc1OC)[C@H](c1cccs1)N(C(=O)c1cccc(-n3cnnn3)c1)CC2. The van der Waals surface area contributed by atoms with E-state index in [1.807, 2.05) is 52.7 Å². The number of tetrazole rings is 1. The minimum absolute atomic E-state index is 0.0428. The largest absolute Gasteiger partial charge is 0.493 e. The lowest BCUT2D eigenvalue weighted by molar-refractivity contribution is 0.0697. The molecule has 2 aromatic carbocycles. The molecule has 0 aliphatic carbocycles. The molecule has 0 fully saturated rings. The summed E-state index contributed by atoms with van der Waals surface area (Å²) in [5.74, 6) is 1.31. The maximum Gasteiger partial charge on any atom is 0.254 e. The van der Waals surface area contributed by atoms with Crippen molar-refractivity contribution in [3.63, 3.8) is 0 Å². The second-order valence-electron chi connectivity index (χ2n) is 7.38. The van der Waals surface area contributed by atoms with Crippen molar-refractivity contribution in [1.82, 2.24) is 25.1 Å². The Kier molecular flexibility index (Phi) is 5.32. The van der Waals surface area contributed by atoms with E-state index in [2.05, 4.69) is 21.6 Å². The van der Waals surface area contributed by atoms with Crippen LogP contribution in [0.5, 0.6) is 11.5 Å². The van der Waals surface area contributed by atoms with Crippen LogP contribution < -0.4 is 9.47 Å². The second kappa shape index (κ2) is 8.43. The van der Waals surface area contributed by atoms with Crippen LogP contribution in [0.2, 0.25) is 0 Å². The van der Waals surface area contributed by atoms with E-state index in [4.69, 9.17) is 9.47 Å². The lowest BCUT2D eigenvalue weighted by atomic mass is 9.90. The van der Waals surface area contributed by atoms with E-state index in [9.17, 15) is 4.79 Å². The minimum atomic E-state index is -0.206. The zero-order valence-corrected chi connectivity index (χ0v) is 18.5. The van der Waals surface area contributed by atoms with Gasteiger partial charge in [0.1, 0.15) is 6.33 Å². The average Bonchev–Trinajstić information content (AvgIpc) is 3.56. The molecule has 2 aromatic heterocycles. The van der Waals surface area contributed by atoms with E-state index < -0.39 is 0 Å². The fourth-order valence-corrected chi connectivity index (χ4v) is 5.00. The first kappa shape index (κ1) is 20.2.